The fourth-order valence-corrected chi connectivity index (χ4v) is 2.38. The van der Waals surface area contributed by atoms with Gasteiger partial charge >= 0.3 is 5.97 Å². The molecule has 1 heterocycles. The predicted molar refractivity (Wildman–Crippen MR) is 65.5 cm³/mol. The van der Waals surface area contributed by atoms with Crippen LogP contribution in [0.5, 0.6) is 0 Å². The smallest absolute Gasteiger partial charge is 0.332 e. The number of para-hydroxylation sites is 1. The van der Waals surface area contributed by atoms with Gasteiger partial charge in [-0.2, -0.15) is 0 Å². The van der Waals surface area contributed by atoms with E-state index in [1.54, 1.807) is 18.7 Å². The van der Waals surface area contributed by atoms with Crippen LogP contribution in [0.25, 0.3) is 0 Å². The average Bonchev–Trinajstić information content (AvgIpc) is 2.29. The lowest BCUT2D eigenvalue weighted by molar-refractivity contribution is -0.137. The Bertz CT molecular complexity index is 429. The first-order valence-electron chi connectivity index (χ1n) is 5.16. The Hall–Kier alpha value is -1.42. The van der Waals surface area contributed by atoms with Crippen molar-refractivity contribution in [2.75, 3.05) is 17.7 Å². The van der Waals surface area contributed by atoms with Crippen LogP contribution in [0.1, 0.15) is 6.92 Å². The quantitative estimate of drug-likeness (QED) is 0.631. The van der Waals surface area contributed by atoms with Crippen LogP contribution in [0.2, 0.25) is 0 Å². The Labute approximate surface area is 98.9 Å². The molecule has 3 nitrogen and oxygen atoms in total. The van der Waals surface area contributed by atoms with Crippen LogP contribution in [0.3, 0.4) is 0 Å². The van der Waals surface area contributed by atoms with Crippen molar-refractivity contribution in [1.82, 2.24) is 0 Å². The van der Waals surface area contributed by atoms with Gasteiger partial charge < -0.3 is 10.1 Å². The van der Waals surface area contributed by atoms with E-state index in [0.717, 1.165) is 17.1 Å². The number of ether oxygens (including phenoxy) is 1. The Balaban J connectivity index is 2.10. The van der Waals surface area contributed by atoms with Gasteiger partial charge in [0, 0.05) is 22.4 Å². The highest BCUT2D eigenvalue weighted by Crippen LogP contribution is 2.33. The van der Waals surface area contributed by atoms with Gasteiger partial charge in [-0.1, -0.05) is 12.1 Å². The molecule has 1 aromatic rings. The van der Waals surface area contributed by atoms with Crippen molar-refractivity contribution in [3.63, 3.8) is 0 Å². The first-order valence-corrected chi connectivity index (χ1v) is 6.14. The summed E-state index contributed by atoms with van der Waals surface area (Å²) >= 11 is 1.72. The molecule has 0 spiro atoms. The number of fused-ring (bicyclic) bond motifs is 1. The third kappa shape index (κ3) is 2.58. The Morgan fingerprint density at radius 2 is 2.38 bits per heavy atom. The predicted octanol–water partition coefficient (Wildman–Crippen LogP) is 2.65. The lowest BCUT2D eigenvalue weighted by Gasteiger charge is -2.19. The number of carbonyl (C=O) groups is 1. The molecule has 0 saturated heterocycles. The number of nitrogens with one attached hydrogen (secondary N) is 1. The first-order chi connectivity index (χ1) is 7.79. The second kappa shape index (κ2) is 5.07. The highest BCUT2D eigenvalue weighted by molar-refractivity contribution is 7.99. The highest BCUT2D eigenvalue weighted by atomic mass is 32.2. The SMILES string of the molecule is CCOC(=O)/C=C1/CSc2ccccc2N1. The molecule has 0 atom stereocenters. The first kappa shape index (κ1) is 11.1. The zero-order chi connectivity index (χ0) is 11.4. The lowest BCUT2D eigenvalue weighted by atomic mass is 10.3. The van der Waals surface area contributed by atoms with Crippen molar-refractivity contribution >= 4 is 23.4 Å². The van der Waals surface area contributed by atoms with E-state index in [1.807, 2.05) is 18.2 Å². The van der Waals surface area contributed by atoms with Crippen LogP contribution in [-0.4, -0.2) is 18.3 Å². The minimum atomic E-state index is -0.287. The summed E-state index contributed by atoms with van der Waals surface area (Å²) in [6, 6.07) is 8.04. The summed E-state index contributed by atoms with van der Waals surface area (Å²) in [6.07, 6.45) is 1.52. The summed E-state index contributed by atoms with van der Waals surface area (Å²) in [4.78, 5) is 12.5. The number of carbonyl (C=O) groups excluding carboxylic acids is 1. The van der Waals surface area contributed by atoms with E-state index < -0.39 is 0 Å². The second-order valence-corrected chi connectivity index (χ2v) is 4.35. The molecule has 0 fully saturated rings. The maximum atomic E-state index is 11.3. The molecular weight excluding hydrogens is 222 g/mol. The van der Waals surface area contributed by atoms with Crippen molar-refractivity contribution in [2.45, 2.75) is 11.8 Å². The molecule has 84 valence electrons. The summed E-state index contributed by atoms with van der Waals surface area (Å²) in [5, 5.41) is 3.23. The van der Waals surface area contributed by atoms with Crippen LogP contribution >= 0.6 is 11.8 Å². The van der Waals surface area contributed by atoms with E-state index in [-0.39, 0.29) is 5.97 Å². The number of hydrogen-bond acceptors (Lipinski definition) is 4. The molecule has 0 radical (unpaired) electrons. The zero-order valence-corrected chi connectivity index (χ0v) is 9.84. The maximum absolute atomic E-state index is 11.3. The normalized spacial score (nSPS) is 16.4. The third-order valence-corrected chi connectivity index (χ3v) is 3.27. The summed E-state index contributed by atoms with van der Waals surface area (Å²) in [6.45, 7) is 2.21. The Kier molecular flexibility index (Phi) is 3.51. The van der Waals surface area contributed by atoms with Crippen molar-refractivity contribution in [1.29, 1.82) is 0 Å². The number of thioether (sulfide) groups is 1. The van der Waals surface area contributed by atoms with E-state index in [2.05, 4.69) is 11.4 Å². The van der Waals surface area contributed by atoms with Gasteiger partial charge in [-0.3, -0.25) is 0 Å². The Morgan fingerprint density at radius 1 is 1.56 bits per heavy atom. The van der Waals surface area contributed by atoms with E-state index in [1.165, 1.54) is 11.0 Å². The molecule has 1 aliphatic rings. The molecule has 0 unspecified atom stereocenters. The third-order valence-electron chi connectivity index (χ3n) is 2.14. The van der Waals surface area contributed by atoms with Crippen LogP contribution < -0.4 is 5.32 Å². The average molecular weight is 235 g/mol. The summed E-state index contributed by atoms with van der Waals surface area (Å²) in [5.74, 6) is 0.487. The fraction of sp³-hybridized carbons (Fsp3) is 0.250. The van der Waals surface area contributed by atoms with Crippen molar-refractivity contribution < 1.29 is 9.53 Å². The topological polar surface area (TPSA) is 38.3 Å². The van der Waals surface area contributed by atoms with Crippen molar-refractivity contribution in [3.05, 3.63) is 36.0 Å². The molecular formula is C12H13NO2S. The van der Waals surface area contributed by atoms with Gasteiger partial charge in [0.05, 0.1) is 12.3 Å². The van der Waals surface area contributed by atoms with Crippen molar-refractivity contribution in [2.24, 2.45) is 0 Å². The number of anilines is 1. The van der Waals surface area contributed by atoms with E-state index in [4.69, 9.17) is 4.74 Å². The molecule has 0 aromatic heterocycles. The monoisotopic (exact) mass is 235 g/mol. The largest absolute Gasteiger partial charge is 0.463 e. The Morgan fingerprint density at radius 3 is 3.19 bits per heavy atom. The molecule has 16 heavy (non-hydrogen) atoms. The molecule has 1 N–H and O–H groups in total. The molecule has 4 heteroatoms. The highest BCUT2D eigenvalue weighted by Gasteiger charge is 2.13. The van der Waals surface area contributed by atoms with Gasteiger partial charge in [-0.05, 0) is 19.1 Å². The van der Waals surface area contributed by atoms with Crippen LogP contribution in [-0.2, 0) is 9.53 Å². The van der Waals surface area contributed by atoms with Crippen LogP contribution in [0.4, 0.5) is 5.69 Å². The summed E-state index contributed by atoms with van der Waals surface area (Å²) < 4.78 is 4.87. The molecule has 0 saturated carbocycles. The van der Waals surface area contributed by atoms with E-state index in [0.29, 0.717) is 6.61 Å². The van der Waals surface area contributed by atoms with Gasteiger partial charge in [0.15, 0.2) is 0 Å². The van der Waals surface area contributed by atoms with Gasteiger partial charge in [-0.25, -0.2) is 4.79 Å². The molecule has 1 aromatic carbocycles. The maximum Gasteiger partial charge on any atom is 0.332 e. The molecule has 0 bridgehead atoms. The van der Waals surface area contributed by atoms with Gasteiger partial charge in [0.1, 0.15) is 0 Å². The minimum absolute atomic E-state index is 0.287. The van der Waals surface area contributed by atoms with Crippen LogP contribution in [0.15, 0.2) is 40.9 Å². The number of hydrogen-bond donors (Lipinski definition) is 1. The van der Waals surface area contributed by atoms with Crippen molar-refractivity contribution in [3.8, 4) is 0 Å². The van der Waals surface area contributed by atoms with Gasteiger partial charge in [0.25, 0.3) is 0 Å². The summed E-state index contributed by atoms with van der Waals surface area (Å²) in [7, 11) is 0. The van der Waals surface area contributed by atoms with Gasteiger partial charge in [-0.15, -0.1) is 11.8 Å². The van der Waals surface area contributed by atoms with Crippen LogP contribution in [0, 0.1) is 0 Å². The molecule has 1 aliphatic heterocycles. The molecule has 0 amide bonds. The number of rotatable bonds is 2. The standard InChI is InChI=1S/C12H13NO2S/c1-2-15-12(14)7-9-8-16-11-6-4-3-5-10(11)13-9/h3-7,13H,2,8H2,1H3/b9-7-. The number of benzene rings is 1. The second-order valence-electron chi connectivity index (χ2n) is 3.33. The minimum Gasteiger partial charge on any atom is -0.463 e. The fourth-order valence-electron chi connectivity index (χ4n) is 1.46. The van der Waals surface area contributed by atoms with E-state index in [9.17, 15) is 4.79 Å². The van der Waals surface area contributed by atoms with E-state index >= 15 is 0 Å². The lowest BCUT2D eigenvalue weighted by Crippen LogP contribution is -2.11. The zero-order valence-electron chi connectivity index (χ0n) is 9.03. The number of esters is 1. The molecule has 0 aliphatic carbocycles. The molecule has 2 rings (SSSR count). The van der Waals surface area contributed by atoms with Gasteiger partial charge in [0.2, 0.25) is 0 Å². The summed E-state index contributed by atoms with van der Waals surface area (Å²) in [5.41, 5.74) is 1.94.